The lowest BCUT2D eigenvalue weighted by atomic mass is 9.66. The molecule has 0 radical (unpaired) electrons. The molecule has 32 heavy (non-hydrogen) atoms. The standard InChI is InChI=1S/C27H28O5/c1-4-27(2,3)21-13-19(9-17-5-7-22-24(11-17)31-15-29-22)26(28)20(14-21)10-18-6-8-23-25(12-18)32-16-30-23/h5-12,21H,4,13-16H2,1-3H3/b19-9-,20-10-. The molecule has 1 saturated carbocycles. The molecule has 5 heteroatoms. The van der Waals surface area contributed by atoms with Crippen LogP contribution in [-0.4, -0.2) is 19.4 Å². The Kier molecular flexibility index (Phi) is 5.20. The number of hydrogen-bond donors (Lipinski definition) is 0. The Morgan fingerprint density at radius 3 is 1.75 bits per heavy atom. The van der Waals surface area contributed by atoms with Crippen molar-refractivity contribution in [1.82, 2.24) is 0 Å². The zero-order valence-corrected chi connectivity index (χ0v) is 18.8. The van der Waals surface area contributed by atoms with Crippen LogP contribution in [0.3, 0.4) is 0 Å². The van der Waals surface area contributed by atoms with E-state index in [1.54, 1.807) is 0 Å². The highest BCUT2D eigenvalue weighted by atomic mass is 16.7. The van der Waals surface area contributed by atoms with E-state index >= 15 is 0 Å². The number of hydrogen-bond acceptors (Lipinski definition) is 5. The molecule has 0 atom stereocenters. The van der Waals surface area contributed by atoms with Gasteiger partial charge in [-0.25, -0.2) is 0 Å². The van der Waals surface area contributed by atoms with E-state index < -0.39 is 0 Å². The van der Waals surface area contributed by atoms with Crippen LogP contribution in [0.5, 0.6) is 23.0 Å². The number of ketones is 1. The van der Waals surface area contributed by atoms with Crippen LogP contribution >= 0.6 is 0 Å². The summed E-state index contributed by atoms with van der Waals surface area (Å²) >= 11 is 0. The Morgan fingerprint density at radius 2 is 1.28 bits per heavy atom. The van der Waals surface area contributed by atoms with E-state index in [4.69, 9.17) is 18.9 Å². The number of fused-ring (bicyclic) bond motifs is 2. The first-order valence-corrected chi connectivity index (χ1v) is 11.2. The summed E-state index contributed by atoms with van der Waals surface area (Å²) < 4.78 is 21.9. The quantitative estimate of drug-likeness (QED) is 0.553. The lowest BCUT2D eigenvalue weighted by molar-refractivity contribution is -0.113. The average molecular weight is 433 g/mol. The van der Waals surface area contributed by atoms with Crippen molar-refractivity contribution >= 4 is 17.9 Å². The number of carbonyl (C=O) groups excluding carboxylic acids is 1. The molecular weight excluding hydrogens is 404 g/mol. The number of Topliss-reactive ketones (excluding diaryl/α,β-unsaturated/α-hetero) is 1. The number of rotatable bonds is 4. The lowest BCUT2D eigenvalue weighted by Gasteiger charge is -2.37. The van der Waals surface area contributed by atoms with Gasteiger partial charge in [0.05, 0.1) is 0 Å². The van der Waals surface area contributed by atoms with Crippen molar-refractivity contribution in [3.8, 4) is 23.0 Å². The van der Waals surface area contributed by atoms with Crippen molar-refractivity contribution in [1.29, 1.82) is 0 Å². The predicted octanol–water partition coefficient (Wildman–Crippen LogP) is 6.03. The zero-order chi connectivity index (χ0) is 22.3. The van der Waals surface area contributed by atoms with Gasteiger partial charge in [-0.1, -0.05) is 39.3 Å². The minimum Gasteiger partial charge on any atom is -0.454 e. The summed E-state index contributed by atoms with van der Waals surface area (Å²) in [5, 5.41) is 0. The Labute approximate surface area is 188 Å². The highest BCUT2D eigenvalue weighted by Crippen LogP contribution is 2.44. The number of carbonyl (C=O) groups is 1. The van der Waals surface area contributed by atoms with E-state index in [0.29, 0.717) is 5.92 Å². The molecule has 3 aliphatic rings. The van der Waals surface area contributed by atoms with E-state index in [0.717, 1.165) is 64.5 Å². The van der Waals surface area contributed by atoms with Crippen LogP contribution in [-0.2, 0) is 4.79 Å². The molecule has 0 unspecified atom stereocenters. The summed E-state index contributed by atoms with van der Waals surface area (Å²) in [7, 11) is 0. The normalized spacial score (nSPS) is 22.1. The second-order valence-corrected chi connectivity index (χ2v) is 9.34. The van der Waals surface area contributed by atoms with Crippen LogP contribution in [0.4, 0.5) is 0 Å². The van der Waals surface area contributed by atoms with Gasteiger partial charge in [0.25, 0.3) is 0 Å². The van der Waals surface area contributed by atoms with Crippen LogP contribution in [0.1, 0.15) is 51.2 Å². The van der Waals surface area contributed by atoms with Gasteiger partial charge in [-0.3, -0.25) is 4.79 Å². The Hall–Kier alpha value is -3.21. The van der Waals surface area contributed by atoms with Gasteiger partial charge in [-0.15, -0.1) is 0 Å². The maximum Gasteiger partial charge on any atom is 0.231 e. The largest absolute Gasteiger partial charge is 0.454 e. The molecule has 2 aromatic carbocycles. The summed E-state index contributed by atoms with van der Waals surface area (Å²) in [5.41, 5.74) is 3.72. The molecule has 1 fully saturated rings. The molecule has 2 heterocycles. The van der Waals surface area contributed by atoms with Crippen LogP contribution in [0.2, 0.25) is 0 Å². The number of ether oxygens (including phenoxy) is 4. The van der Waals surface area contributed by atoms with Gasteiger partial charge in [-0.2, -0.15) is 0 Å². The molecule has 0 aromatic heterocycles. The fourth-order valence-corrected chi connectivity index (χ4v) is 4.49. The van der Waals surface area contributed by atoms with Crippen molar-refractivity contribution < 1.29 is 23.7 Å². The molecule has 0 spiro atoms. The third-order valence-electron chi connectivity index (χ3n) is 7.01. The second-order valence-electron chi connectivity index (χ2n) is 9.34. The average Bonchev–Trinajstić information content (AvgIpc) is 3.44. The maximum absolute atomic E-state index is 13.5. The molecule has 0 N–H and O–H groups in total. The van der Waals surface area contributed by atoms with Crippen LogP contribution in [0.15, 0.2) is 47.5 Å². The van der Waals surface area contributed by atoms with Gasteiger partial charge in [0, 0.05) is 11.1 Å². The van der Waals surface area contributed by atoms with E-state index in [9.17, 15) is 4.79 Å². The molecule has 2 aromatic rings. The molecule has 5 nitrogen and oxygen atoms in total. The molecule has 2 aliphatic heterocycles. The van der Waals surface area contributed by atoms with E-state index in [2.05, 4.69) is 20.8 Å². The summed E-state index contributed by atoms with van der Waals surface area (Å²) in [6.45, 7) is 7.29. The van der Waals surface area contributed by atoms with Gasteiger partial charge in [0.2, 0.25) is 13.6 Å². The number of benzene rings is 2. The third-order valence-corrected chi connectivity index (χ3v) is 7.01. The monoisotopic (exact) mass is 432 g/mol. The highest BCUT2D eigenvalue weighted by molar-refractivity contribution is 6.14. The Balaban J connectivity index is 1.51. The maximum atomic E-state index is 13.5. The molecule has 1 aliphatic carbocycles. The predicted molar refractivity (Wildman–Crippen MR) is 123 cm³/mol. The first-order chi connectivity index (χ1) is 15.4. The molecule has 0 saturated heterocycles. The van der Waals surface area contributed by atoms with Gasteiger partial charge >= 0.3 is 0 Å². The zero-order valence-electron chi connectivity index (χ0n) is 18.8. The summed E-state index contributed by atoms with van der Waals surface area (Å²) in [6.07, 6.45) is 6.62. The second kappa shape index (κ2) is 8.05. The SMILES string of the molecule is CCC(C)(C)C1C/C(=C/c2ccc3c(c2)OCO3)C(=O)/C(=C\c2ccc3c(c2)OCO3)C1. The molecular formula is C27H28O5. The summed E-state index contributed by atoms with van der Waals surface area (Å²) in [6, 6.07) is 11.6. The van der Waals surface area contributed by atoms with Gasteiger partial charge in [0.15, 0.2) is 28.8 Å². The molecule has 0 bridgehead atoms. The van der Waals surface area contributed by atoms with Crippen LogP contribution in [0.25, 0.3) is 12.2 Å². The molecule has 166 valence electrons. The highest BCUT2D eigenvalue weighted by Gasteiger charge is 2.36. The van der Waals surface area contributed by atoms with Gasteiger partial charge in [-0.05, 0) is 71.7 Å². The topological polar surface area (TPSA) is 54.0 Å². The lowest BCUT2D eigenvalue weighted by Crippen LogP contribution is -2.30. The molecule has 0 amide bonds. The van der Waals surface area contributed by atoms with E-state index in [1.165, 1.54) is 0 Å². The number of allylic oxidation sites excluding steroid dienone is 2. The molecule has 5 rings (SSSR count). The van der Waals surface area contributed by atoms with Crippen molar-refractivity contribution in [2.45, 2.75) is 40.0 Å². The third kappa shape index (κ3) is 3.88. The van der Waals surface area contributed by atoms with Crippen molar-refractivity contribution in [2.24, 2.45) is 11.3 Å². The van der Waals surface area contributed by atoms with Crippen molar-refractivity contribution in [2.75, 3.05) is 13.6 Å². The van der Waals surface area contributed by atoms with Crippen molar-refractivity contribution in [3.05, 3.63) is 58.7 Å². The Bertz CT molecular complexity index is 1050. The minimum absolute atomic E-state index is 0.114. The Morgan fingerprint density at radius 1 is 0.812 bits per heavy atom. The fourth-order valence-electron chi connectivity index (χ4n) is 4.49. The minimum atomic E-state index is 0.114. The smallest absolute Gasteiger partial charge is 0.231 e. The first kappa shape index (κ1) is 20.7. The summed E-state index contributed by atoms with van der Waals surface area (Å²) in [5.74, 6) is 3.44. The fraction of sp³-hybridized carbons (Fsp3) is 0.370. The van der Waals surface area contributed by atoms with Gasteiger partial charge < -0.3 is 18.9 Å². The van der Waals surface area contributed by atoms with E-state index in [-0.39, 0.29) is 24.8 Å². The van der Waals surface area contributed by atoms with Gasteiger partial charge in [0.1, 0.15) is 0 Å². The summed E-state index contributed by atoms with van der Waals surface area (Å²) in [4.78, 5) is 13.5. The van der Waals surface area contributed by atoms with Crippen molar-refractivity contribution in [3.63, 3.8) is 0 Å². The van der Waals surface area contributed by atoms with Crippen LogP contribution in [0, 0.1) is 11.3 Å². The first-order valence-electron chi connectivity index (χ1n) is 11.2. The van der Waals surface area contributed by atoms with E-state index in [1.807, 2.05) is 48.6 Å². The van der Waals surface area contributed by atoms with Crippen LogP contribution < -0.4 is 18.9 Å².